The molecule has 2 fully saturated rings. The monoisotopic (exact) mass is 272 g/mol. The van der Waals surface area contributed by atoms with Crippen molar-refractivity contribution in [3.8, 4) is 0 Å². The first-order valence-electron chi connectivity index (χ1n) is 7.42. The summed E-state index contributed by atoms with van der Waals surface area (Å²) in [4.78, 5) is 4.83. The second kappa shape index (κ2) is 4.86. The zero-order valence-corrected chi connectivity index (χ0v) is 12.0. The summed E-state index contributed by atoms with van der Waals surface area (Å²) in [6.45, 7) is 0.962. The van der Waals surface area contributed by atoms with Crippen LogP contribution in [0, 0.1) is 5.92 Å². The Morgan fingerprint density at radius 2 is 2.21 bits per heavy atom. The van der Waals surface area contributed by atoms with Crippen LogP contribution in [0.15, 0.2) is 29.3 Å². The van der Waals surface area contributed by atoms with Crippen LogP contribution in [-0.4, -0.2) is 23.5 Å². The van der Waals surface area contributed by atoms with E-state index in [2.05, 4.69) is 29.6 Å². The van der Waals surface area contributed by atoms with Gasteiger partial charge in [0.25, 0.3) is 0 Å². The lowest BCUT2D eigenvalue weighted by molar-refractivity contribution is 0.489. The molecule has 100 valence electrons. The van der Waals surface area contributed by atoms with Crippen LogP contribution in [0.25, 0.3) is 0 Å². The van der Waals surface area contributed by atoms with E-state index < -0.39 is 0 Å². The van der Waals surface area contributed by atoms with Crippen molar-refractivity contribution in [3.05, 3.63) is 35.4 Å². The van der Waals surface area contributed by atoms with Gasteiger partial charge < -0.3 is 5.32 Å². The molecule has 1 saturated carbocycles. The first-order valence-corrected chi connectivity index (χ1v) is 8.40. The Bertz CT molecular complexity index is 511. The second-order valence-corrected chi connectivity index (χ2v) is 7.01. The average Bonchev–Trinajstić information content (AvgIpc) is 2.87. The van der Waals surface area contributed by atoms with Crippen LogP contribution in [0.5, 0.6) is 0 Å². The van der Waals surface area contributed by atoms with Crippen molar-refractivity contribution in [2.24, 2.45) is 10.9 Å². The molecule has 1 saturated heterocycles. The summed E-state index contributed by atoms with van der Waals surface area (Å²) in [6, 6.07) is 9.51. The maximum Gasteiger partial charge on any atom is 0.156 e. The van der Waals surface area contributed by atoms with Crippen molar-refractivity contribution in [1.82, 2.24) is 5.32 Å². The summed E-state index contributed by atoms with van der Waals surface area (Å²) in [5.74, 6) is 2.83. The van der Waals surface area contributed by atoms with Gasteiger partial charge in [0, 0.05) is 24.3 Å². The molecule has 1 aromatic rings. The molecular formula is C16H20N2S. The molecule has 0 spiro atoms. The molecule has 3 unspecified atom stereocenters. The van der Waals surface area contributed by atoms with Gasteiger partial charge in [-0.25, -0.2) is 0 Å². The highest BCUT2D eigenvalue weighted by molar-refractivity contribution is 8.13. The molecule has 2 nitrogen and oxygen atoms in total. The van der Waals surface area contributed by atoms with Gasteiger partial charge in [-0.1, -0.05) is 42.4 Å². The summed E-state index contributed by atoms with van der Waals surface area (Å²) in [6.07, 6.45) is 5.36. The first kappa shape index (κ1) is 11.8. The largest absolute Gasteiger partial charge is 0.362 e. The zero-order valence-electron chi connectivity index (χ0n) is 11.1. The van der Waals surface area contributed by atoms with Gasteiger partial charge in [-0.2, -0.15) is 0 Å². The lowest BCUT2D eigenvalue weighted by Crippen LogP contribution is -2.41. The smallest absolute Gasteiger partial charge is 0.156 e. The molecule has 1 heterocycles. The number of nitrogens with zero attached hydrogens (tertiary/aromatic N) is 1. The predicted molar refractivity (Wildman–Crippen MR) is 81.9 cm³/mol. The Hall–Kier alpha value is -0.960. The topological polar surface area (TPSA) is 24.4 Å². The predicted octanol–water partition coefficient (Wildman–Crippen LogP) is 3.19. The Kier molecular flexibility index (Phi) is 3.03. The molecule has 1 aromatic carbocycles. The maximum absolute atomic E-state index is 4.83. The fourth-order valence-electron chi connectivity index (χ4n) is 3.62. The first-order chi connectivity index (χ1) is 9.40. The highest BCUT2D eigenvalue weighted by Gasteiger charge is 2.32. The molecule has 19 heavy (non-hydrogen) atoms. The molecule has 3 aliphatic rings. The third-order valence-corrected chi connectivity index (χ3v) is 5.93. The number of hydrogen-bond acceptors (Lipinski definition) is 2. The summed E-state index contributed by atoms with van der Waals surface area (Å²) in [5.41, 5.74) is 3.04. The maximum atomic E-state index is 4.83. The summed E-state index contributed by atoms with van der Waals surface area (Å²) < 4.78 is 0. The van der Waals surface area contributed by atoms with E-state index in [-0.39, 0.29) is 0 Å². The highest BCUT2D eigenvalue weighted by atomic mass is 32.2. The molecule has 3 atom stereocenters. The Morgan fingerprint density at radius 1 is 1.26 bits per heavy atom. The summed E-state index contributed by atoms with van der Waals surface area (Å²) in [5, 5.41) is 4.86. The Balaban J connectivity index is 1.39. The molecule has 1 aliphatic heterocycles. The van der Waals surface area contributed by atoms with Gasteiger partial charge in [0.2, 0.25) is 0 Å². The highest BCUT2D eigenvalue weighted by Crippen LogP contribution is 2.36. The van der Waals surface area contributed by atoms with Crippen LogP contribution in [0.2, 0.25) is 0 Å². The molecule has 0 bridgehead atoms. The number of fused-ring (bicyclic) bond motifs is 2. The van der Waals surface area contributed by atoms with Gasteiger partial charge in [-0.15, -0.1) is 0 Å². The van der Waals surface area contributed by atoms with Gasteiger partial charge in [0.15, 0.2) is 5.17 Å². The minimum atomic E-state index is 0.660. The van der Waals surface area contributed by atoms with Crippen LogP contribution in [0.3, 0.4) is 0 Å². The molecule has 1 N–H and O–H groups in total. The van der Waals surface area contributed by atoms with Crippen molar-refractivity contribution in [2.45, 2.75) is 37.6 Å². The van der Waals surface area contributed by atoms with E-state index in [9.17, 15) is 0 Å². The lowest BCUT2D eigenvalue weighted by Gasteiger charge is -2.31. The van der Waals surface area contributed by atoms with Gasteiger partial charge in [-0.05, 0) is 36.3 Å². The molecule has 4 rings (SSSR count). The van der Waals surface area contributed by atoms with Crippen molar-refractivity contribution >= 4 is 16.9 Å². The van der Waals surface area contributed by atoms with E-state index in [0.717, 1.165) is 12.5 Å². The van der Waals surface area contributed by atoms with Crippen molar-refractivity contribution in [3.63, 3.8) is 0 Å². The van der Waals surface area contributed by atoms with E-state index >= 15 is 0 Å². The van der Waals surface area contributed by atoms with Crippen molar-refractivity contribution in [2.75, 3.05) is 12.3 Å². The molecule has 0 radical (unpaired) electrons. The van der Waals surface area contributed by atoms with Gasteiger partial charge >= 0.3 is 0 Å². The lowest BCUT2D eigenvalue weighted by atomic mass is 9.78. The van der Waals surface area contributed by atoms with Gasteiger partial charge in [0.1, 0.15) is 0 Å². The molecule has 0 aromatic heterocycles. The number of hydrogen-bond donors (Lipinski definition) is 1. The van der Waals surface area contributed by atoms with Crippen LogP contribution in [0.4, 0.5) is 0 Å². The Morgan fingerprint density at radius 3 is 3.16 bits per heavy atom. The number of aliphatic imine (C=N–C) groups is 1. The van der Waals surface area contributed by atoms with E-state index in [0.29, 0.717) is 12.0 Å². The molecular weight excluding hydrogens is 252 g/mol. The number of benzene rings is 1. The van der Waals surface area contributed by atoms with Crippen LogP contribution in [-0.2, 0) is 6.42 Å². The molecule has 2 aliphatic carbocycles. The quantitative estimate of drug-likeness (QED) is 0.894. The minimum Gasteiger partial charge on any atom is -0.362 e. The van der Waals surface area contributed by atoms with Crippen LogP contribution in [0.1, 0.15) is 36.3 Å². The third kappa shape index (κ3) is 2.18. The summed E-state index contributed by atoms with van der Waals surface area (Å²) >= 11 is 1.94. The number of rotatable bonds is 2. The van der Waals surface area contributed by atoms with E-state index in [1.165, 1.54) is 47.7 Å². The van der Waals surface area contributed by atoms with Crippen molar-refractivity contribution in [1.29, 1.82) is 0 Å². The molecule has 0 amide bonds. The normalized spacial score (nSPS) is 34.3. The summed E-state index contributed by atoms with van der Waals surface area (Å²) in [7, 11) is 0. The van der Waals surface area contributed by atoms with Gasteiger partial charge in [0.05, 0.1) is 0 Å². The molecule has 3 heteroatoms. The number of nitrogens with one attached hydrogen (secondary N) is 1. The van der Waals surface area contributed by atoms with E-state index in [4.69, 9.17) is 4.99 Å². The second-order valence-electron chi connectivity index (χ2n) is 6.00. The number of thioether (sulfide) groups is 1. The minimum absolute atomic E-state index is 0.660. The van der Waals surface area contributed by atoms with Crippen LogP contribution >= 0.6 is 11.8 Å². The Labute approximate surface area is 119 Å². The standard InChI is InChI=1S/C16H20N2S/c1-2-6-14-11(4-1)8-13(14)9-17-16-18-15-7-3-5-12(15)10-19-16/h1-2,4,6,12-13,15H,3,5,7-10H2,(H,17,18). The SMILES string of the molecule is c1ccc2c(c1)CC2CN=C1NC2CCCC2CS1. The van der Waals surface area contributed by atoms with Crippen LogP contribution < -0.4 is 5.32 Å². The van der Waals surface area contributed by atoms with E-state index in [1.807, 2.05) is 11.8 Å². The zero-order chi connectivity index (χ0) is 12.7. The number of amidine groups is 1. The third-order valence-electron chi connectivity index (χ3n) is 4.82. The van der Waals surface area contributed by atoms with E-state index in [1.54, 1.807) is 0 Å². The fourth-order valence-corrected chi connectivity index (χ4v) is 4.79. The average molecular weight is 272 g/mol. The fraction of sp³-hybridized carbons (Fsp3) is 0.562. The van der Waals surface area contributed by atoms with Crippen molar-refractivity contribution < 1.29 is 0 Å². The van der Waals surface area contributed by atoms with Gasteiger partial charge in [-0.3, -0.25) is 4.99 Å².